The molecule has 3 aliphatic rings. The summed E-state index contributed by atoms with van der Waals surface area (Å²) in [6.07, 6.45) is 0.371. The number of nitrogens with one attached hydrogen (secondary N) is 1. The Morgan fingerprint density at radius 3 is 2.30 bits per heavy atom. The van der Waals surface area contributed by atoms with Crippen molar-refractivity contribution in [3.05, 3.63) is 45.6 Å². The number of benzene rings is 1. The lowest BCUT2D eigenvalue weighted by molar-refractivity contribution is -0.257. The lowest BCUT2D eigenvalue weighted by Gasteiger charge is -2.40. The van der Waals surface area contributed by atoms with Crippen molar-refractivity contribution in [3.8, 4) is 34.1 Å². The van der Waals surface area contributed by atoms with Gasteiger partial charge in [-0.25, -0.2) is 0 Å². The van der Waals surface area contributed by atoms with Crippen LogP contribution in [-0.4, -0.2) is 101 Å². The molecule has 3 N–H and O–H groups in total. The van der Waals surface area contributed by atoms with E-state index in [0.29, 0.717) is 60.7 Å². The van der Waals surface area contributed by atoms with Gasteiger partial charge in [0.05, 0.1) is 67.0 Å². The van der Waals surface area contributed by atoms with Gasteiger partial charge in [-0.3, -0.25) is 14.4 Å². The first-order valence-electron chi connectivity index (χ1n) is 15.5. The van der Waals surface area contributed by atoms with Gasteiger partial charge in [0.25, 0.3) is 0 Å². The van der Waals surface area contributed by atoms with Crippen molar-refractivity contribution in [2.45, 2.75) is 62.7 Å². The van der Waals surface area contributed by atoms with Crippen molar-refractivity contribution >= 4 is 5.91 Å². The average Bonchev–Trinajstić information content (AvgIpc) is 3.31. The number of fused-ring (bicyclic) bond motifs is 3. The van der Waals surface area contributed by atoms with E-state index in [2.05, 4.69) is 5.32 Å². The van der Waals surface area contributed by atoms with Gasteiger partial charge in [0.1, 0.15) is 18.9 Å². The predicted molar refractivity (Wildman–Crippen MR) is 166 cm³/mol. The van der Waals surface area contributed by atoms with Gasteiger partial charge >= 0.3 is 0 Å². The van der Waals surface area contributed by atoms with Crippen LogP contribution in [0.2, 0.25) is 0 Å². The van der Waals surface area contributed by atoms with E-state index in [1.165, 1.54) is 32.5 Å². The Labute approximate surface area is 268 Å². The lowest BCUT2D eigenvalue weighted by atomic mass is 9.89. The molecule has 0 bridgehead atoms. The molecule has 252 valence electrons. The van der Waals surface area contributed by atoms with Crippen LogP contribution in [0.15, 0.2) is 29.1 Å². The highest BCUT2D eigenvalue weighted by molar-refractivity contribution is 5.84. The van der Waals surface area contributed by atoms with Gasteiger partial charge in [-0.1, -0.05) is 6.07 Å². The van der Waals surface area contributed by atoms with E-state index >= 15 is 0 Å². The third kappa shape index (κ3) is 6.94. The first-order chi connectivity index (χ1) is 22.2. The van der Waals surface area contributed by atoms with E-state index < -0.39 is 24.5 Å². The van der Waals surface area contributed by atoms with Gasteiger partial charge in [0.2, 0.25) is 17.1 Å². The molecule has 2 heterocycles. The van der Waals surface area contributed by atoms with Crippen molar-refractivity contribution < 1.29 is 48.3 Å². The van der Waals surface area contributed by atoms with E-state index in [0.717, 1.165) is 17.5 Å². The van der Waals surface area contributed by atoms with Crippen LogP contribution in [0.4, 0.5) is 0 Å². The fourth-order valence-corrected chi connectivity index (χ4v) is 6.69. The van der Waals surface area contributed by atoms with Crippen LogP contribution in [0.3, 0.4) is 0 Å². The van der Waals surface area contributed by atoms with Gasteiger partial charge < -0.3 is 44.0 Å². The topological polar surface area (TPSA) is 154 Å². The van der Waals surface area contributed by atoms with Crippen molar-refractivity contribution in [1.82, 2.24) is 10.4 Å². The number of ether oxygens (including phenoxy) is 6. The summed E-state index contributed by atoms with van der Waals surface area (Å²) in [6, 6.07) is 6.30. The molecule has 2 saturated heterocycles. The molecule has 6 atom stereocenters. The average molecular weight is 645 g/mol. The summed E-state index contributed by atoms with van der Waals surface area (Å²) in [4.78, 5) is 32.3. The highest BCUT2D eigenvalue weighted by atomic mass is 16.7. The Morgan fingerprint density at radius 2 is 1.67 bits per heavy atom. The fourth-order valence-electron chi connectivity index (χ4n) is 6.69. The quantitative estimate of drug-likeness (QED) is 0.324. The Morgan fingerprint density at radius 1 is 0.913 bits per heavy atom. The maximum atomic E-state index is 13.6. The van der Waals surface area contributed by atoms with Crippen molar-refractivity contribution in [2.24, 2.45) is 5.92 Å². The predicted octanol–water partition coefficient (Wildman–Crippen LogP) is 1.98. The van der Waals surface area contributed by atoms with E-state index in [1.54, 1.807) is 26.4 Å². The molecule has 13 heteroatoms. The summed E-state index contributed by atoms with van der Waals surface area (Å²) in [6.45, 7) is 0.359. The minimum atomic E-state index is -0.872. The first-order valence-corrected chi connectivity index (χ1v) is 15.5. The number of aliphatic hydroxyl groups excluding tert-OH is 2. The molecule has 46 heavy (non-hydrogen) atoms. The Hall–Kier alpha value is -3.46. The Bertz CT molecular complexity index is 1450. The van der Waals surface area contributed by atoms with Crippen LogP contribution in [-0.2, 0) is 25.5 Å². The number of rotatable bonds is 10. The molecule has 1 amide bonds. The maximum Gasteiger partial charge on any atom is 0.237 e. The van der Waals surface area contributed by atoms with E-state index in [1.807, 2.05) is 6.07 Å². The zero-order valence-electron chi connectivity index (χ0n) is 26.9. The highest BCUT2D eigenvalue weighted by Crippen LogP contribution is 2.50. The van der Waals surface area contributed by atoms with Crippen molar-refractivity contribution in [2.75, 3.05) is 55.3 Å². The number of nitrogens with zero attached hydrogens (tertiary/aromatic N) is 1. The molecule has 2 aromatic rings. The molecule has 1 aliphatic carbocycles. The van der Waals surface area contributed by atoms with Gasteiger partial charge in [0, 0.05) is 17.9 Å². The van der Waals surface area contributed by atoms with Gasteiger partial charge in [0.15, 0.2) is 17.2 Å². The summed E-state index contributed by atoms with van der Waals surface area (Å²) in [5, 5.41) is 24.5. The third-order valence-corrected chi connectivity index (χ3v) is 9.12. The normalized spacial score (nSPS) is 25.9. The van der Waals surface area contributed by atoms with Crippen LogP contribution >= 0.6 is 0 Å². The molecule has 5 rings (SSSR count). The highest BCUT2D eigenvalue weighted by Gasteiger charge is 2.38. The standard InChI is InChI=1S/C33H44N2O11/c1-40-26-10-8-20-21(13-24(26)37)22(9-6-18-12-28(41-2)32(42-3)33(43-4)31(18)20)34-29(39)15-35(44-5)30-11-7-19(16-46-30)27-14-23(36)25(38)17-45-27/h8,10,12-13,19,22-23,25,27,30,36,38H,6-7,9,11,14-17H2,1-5H3,(H,34,39)/t19-,22+,23-,25+,27?,30-/m1/s1. The van der Waals surface area contributed by atoms with Crippen molar-refractivity contribution in [3.63, 3.8) is 0 Å². The second-order valence-corrected chi connectivity index (χ2v) is 11.7. The SMILES string of the molecule is COc1cc2c(c(OC)c1OC)-c1ccc(OC)c(=O)cc1[C@@H](NC(=O)CN(OC)[C@H]1CC[C@@H](C3C[C@@H](O)[C@@H](O)CO3)CO1)CC2. The number of aryl methyl sites for hydroxylation is 1. The number of aliphatic hydroxyl groups is 2. The molecule has 2 aliphatic heterocycles. The molecular weight excluding hydrogens is 600 g/mol. The number of hydroxylamine groups is 2. The molecule has 2 fully saturated rings. The molecule has 13 nitrogen and oxygen atoms in total. The molecule has 2 aromatic carbocycles. The van der Waals surface area contributed by atoms with Crippen LogP contribution in [0.1, 0.15) is 42.9 Å². The molecule has 1 unspecified atom stereocenters. The zero-order chi connectivity index (χ0) is 33.0. The number of hydrogen-bond donors (Lipinski definition) is 3. The van der Waals surface area contributed by atoms with Crippen LogP contribution in [0, 0.1) is 5.92 Å². The third-order valence-electron chi connectivity index (χ3n) is 9.12. The van der Waals surface area contributed by atoms with Crippen molar-refractivity contribution in [1.29, 1.82) is 0 Å². The van der Waals surface area contributed by atoms with Crippen LogP contribution < -0.4 is 29.7 Å². The van der Waals surface area contributed by atoms with Crippen LogP contribution in [0.5, 0.6) is 23.0 Å². The second kappa shape index (κ2) is 15.0. The molecule has 0 spiro atoms. The van der Waals surface area contributed by atoms with Gasteiger partial charge in [-0.15, -0.1) is 0 Å². The van der Waals surface area contributed by atoms with Gasteiger partial charge in [-0.05, 0) is 60.6 Å². The lowest BCUT2D eigenvalue weighted by Crippen LogP contribution is -2.49. The molecule has 0 radical (unpaired) electrons. The van der Waals surface area contributed by atoms with E-state index in [-0.39, 0.29) is 42.3 Å². The number of hydrogen-bond acceptors (Lipinski definition) is 12. The zero-order valence-corrected chi connectivity index (χ0v) is 26.9. The number of methoxy groups -OCH3 is 4. The maximum absolute atomic E-state index is 13.6. The number of carbonyl (C=O) groups excluding carboxylic acids is 1. The number of carbonyl (C=O) groups is 1. The summed E-state index contributed by atoms with van der Waals surface area (Å²) in [5.74, 6) is 1.32. The smallest absolute Gasteiger partial charge is 0.237 e. The molecule has 0 aromatic heterocycles. The number of amides is 1. The molecular formula is C33H44N2O11. The Balaban J connectivity index is 1.36. The van der Waals surface area contributed by atoms with E-state index in [9.17, 15) is 19.8 Å². The van der Waals surface area contributed by atoms with Gasteiger partial charge in [-0.2, -0.15) is 5.06 Å². The molecule has 0 saturated carbocycles. The Kier molecular flexibility index (Phi) is 11.0. The fraction of sp³-hybridized carbons (Fsp3) is 0.576. The summed E-state index contributed by atoms with van der Waals surface area (Å²) < 4.78 is 34.3. The minimum Gasteiger partial charge on any atom is -0.493 e. The van der Waals surface area contributed by atoms with Crippen LogP contribution in [0.25, 0.3) is 11.1 Å². The second-order valence-electron chi connectivity index (χ2n) is 11.7. The monoisotopic (exact) mass is 644 g/mol. The first kappa shape index (κ1) is 33.9. The largest absolute Gasteiger partial charge is 0.493 e. The summed E-state index contributed by atoms with van der Waals surface area (Å²) in [5.41, 5.74) is 2.66. The summed E-state index contributed by atoms with van der Waals surface area (Å²) in [7, 11) is 7.58. The summed E-state index contributed by atoms with van der Waals surface area (Å²) >= 11 is 0. The minimum absolute atomic E-state index is 0.0586. The van der Waals surface area contributed by atoms with E-state index in [4.69, 9.17) is 33.3 Å².